The van der Waals surface area contributed by atoms with E-state index in [0.29, 0.717) is 11.8 Å². The fourth-order valence-electron chi connectivity index (χ4n) is 1.96. The van der Waals surface area contributed by atoms with Crippen LogP contribution in [-0.4, -0.2) is 0 Å². The van der Waals surface area contributed by atoms with E-state index in [1.165, 1.54) is 30.4 Å². The minimum absolute atomic E-state index is 0.612. The van der Waals surface area contributed by atoms with Crippen LogP contribution in [0.1, 0.15) is 53.4 Å². The second-order valence-corrected chi connectivity index (χ2v) is 8.22. The summed E-state index contributed by atoms with van der Waals surface area (Å²) in [5.74, 6) is 1.31. The first-order valence-corrected chi connectivity index (χ1v) is 8.22. The van der Waals surface area contributed by atoms with Gasteiger partial charge in [0.1, 0.15) is 0 Å². The fraction of sp³-hybridized carbons (Fsp3) is 0.625. The van der Waals surface area contributed by atoms with Gasteiger partial charge in [0.05, 0.1) is 3.39 Å². The number of hydrogen-bond donors (Lipinski definition) is 0. The van der Waals surface area contributed by atoms with Crippen molar-refractivity contribution in [3.63, 3.8) is 0 Å². The van der Waals surface area contributed by atoms with Crippen molar-refractivity contribution in [2.45, 2.75) is 53.4 Å². The molecule has 0 unspecified atom stereocenters. The van der Waals surface area contributed by atoms with Gasteiger partial charge in [0.25, 0.3) is 0 Å². The number of rotatable bonds is 8. The molecule has 0 radical (unpaired) electrons. The average molecular weight is 378 g/mol. The lowest BCUT2D eigenvalue weighted by molar-refractivity contribution is 0.382. The van der Waals surface area contributed by atoms with Crippen molar-refractivity contribution in [2.24, 2.45) is 11.8 Å². The van der Waals surface area contributed by atoms with E-state index in [9.17, 15) is 0 Å². The molecule has 0 aromatic heterocycles. The predicted molar refractivity (Wildman–Crippen MR) is 91.3 cm³/mol. The first-order chi connectivity index (χ1) is 8.32. The van der Waals surface area contributed by atoms with E-state index < -0.39 is 0 Å². The highest BCUT2D eigenvalue weighted by Gasteiger charge is 2.14. The Morgan fingerprint density at radius 3 is 2.22 bits per heavy atom. The van der Waals surface area contributed by atoms with Crippen LogP contribution in [0.4, 0.5) is 0 Å². The zero-order valence-electron chi connectivity index (χ0n) is 12.1. The second kappa shape index (κ2) is 10.0. The highest BCUT2D eigenvalue weighted by Crippen LogP contribution is 2.29. The van der Waals surface area contributed by atoms with E-state index >= 15 is 0 Å². The van der Waals surface area contributed by atoms with Crippen molar-refractivity contribution < 1.29 is 0 Å². The Labute approximate surface area is 130 Å². The molecule has 0 amide bonds. The minimum atomic E-state index is 0.612. The molecule has 0 fully saturated rings. The topological polar surface area (TPSA) is 0 Å². The van der Waals surface area contributed by atoms with Gasteiger partial charge in [0.2, 0.25) is 0 Å². The zero-order valence-corrected chi connectivity index (χ0v) is 15.3. The monoisotopic (exact) mass is 376 g/mol. The quantitative estimate of drug-likeness (QED) is 0.400. The SMILES string of the molecule is C=C(C)CC[C@H](C=C(Br)Br)[C@H](C)CCC=C(C)C. The highest BCUT2D eigenvalue weighted by atomic mass is 79.9. The Bertz CT molecular complexity index is 305. The summed E-state index contributed by atoms with van der Waals surface area (Å²) in [7, 11) is 0. The van der Waals surface area contributed by atoms with E-state index in [-0.39, 0.29) is 0 Å². The van der Waals surface area contributed by atoms with Gasteiger partial charge < -0.3 is 0 Å². The molecule has 0 nitrogen and oxygen atoms in total. The van der Waals surface area contributed by atoms with E-state index in [2.05, 4.69) is 78.3 Å². The number of hydrogen-bond acceptors (Lipinski definition) is 0. The zero-order chi connectivity index (χ0) is 14.1. The molecule has 104 valence electrons. The van der Waals surface area contributed by atoms with Crippen LogP contribution in [0.25, 0.3) is 0 Å². The lowest BCUT2D eigenvalue weighted by atomic mass is 9.85. The minimum Gasteiger partial charge on any atom is -0.100 e. The Kier molecular flexibility index (Phi) is 10.1. The number of halogens is 2. The molecule has 0 saturated carbocycles. The summed E-state index contributed by atoms with van der Waals surface area (Å²) in [5.41, 5.74) is 2.69. The van der Waals surface area contributed by atoms with Gasteiger partial charge in [0, 0.05) is 0 Å². The van der Waals surface area contributed by atoms with Crippen molar-refractivity contribution in [3.8, 4) is 0 Å². The van der Waals surface area contributed by atoms with Gasteiger partial charge in [0.15, 0.2) is 0 Å². The third kappa shape index (κ3) is 10.1. The maximum absolute atomic E-state index is 4.00. The summed E-state index contributed by atoms with van der Waals surface area (Å²) < 4.78 is 1.07. The first kappa shape index (κ1) is 18.2. The van der Waals surface area contributed by atoms with E-state index in [1.54, 1.807) is 0 Å². The summed E-state index contributed by atoms with van der Waals surface area (Å²) in [5, 5.41) is 0. The first-order valence-electron chi connectivity index (χ1n) is 6.63. The normalized spacial score (nSPS) is 13.7. The summed E-state index contributed by atoms with van der Waals surface area (Å²) in [6, 6.07) is 0. The van der Waals surface area contributed by atoms with E-state index in [4.69, 9.17) is 0 Å². The molecule has 0 bridgehead atoms. The van der Waals surface area contributed by atoms with Gasteiger partial charge in [-0.3, -0.25) is 0 Å². The number of allylic oxidation sites excluding steroid dienone is 4. The van der Waals surface area contributed by atoms with Gasteiger partial charge in [-0.25, -0.2) is 0 Å². The Morgan fingerprint density at radius 2 is 1.78 bits per heavy atom. The van der Waals surface area contributed by atoms with Crippen LogP contribution in [-0.2, 0) is 0 Å². The molecule has 0 N–H and O–H groups in total. The maximum atomic E-state index is 4.00. The molecule has 0 aliphatic carbocycles. The molecule has 0 saturated heterocycles. The van der Waals surface area contributed by atoms with Crippen molar-refractivity contribution in [1.29, 1.82) is 0 Å². The molecule has 2 heteroatoms. The molecule has 0 aliphatic rings. The van der Waals surface area contributed by atoms with Crippen LogP contribution < -0.4 is 0 Å². The molecule has 0 heterocycles. The van der Waals surface area contributed by atoms with Gasteiger partial charge >= 0.3 is 0 Å². The Balaban J connectivity index is 4.40. The van der Waals surface area contributed by atoms with Gasteiger partial charge in [-0.2, -0.15) is 0 Å². The van der Waals surface area contributed by atoms with Crippen molar-refractivity contribution in [1.82, 2.24) is 0 Å². The largest absolute Gasteiger partial charge is 0.100 e. The third-order valence-corrected chi connectivity index (χ3v) is 3.68. The summed E-state index contributed by atoms with van der Waals surface area (Å²) >= 11 is 6.97. The van der Waals surface area contributed by atoms with Crippen LogP contribution in [0.2, 0.25) is 0 Å². The van der Waals surface area contributed by atoms with Gasteiger partial charge in [-0.05, 0) is 90.2 Å². The molecule has 0 spiro atoms. The molecule has 2 atom stereocenters. The Hall–Kier alpha value is 0.180. The lowest BCUT2D eigenvalue weighted by Crippen LogP contribution is -2.09. The molecule has 0 aromatic carbocycles. The molecule has 0 rings (SSSR count). The van der Waals surface area contributed by atoms with Crippen molar-refractivity contribution >= 4 is 31.9 Å². The van der Waals surface area contributed by atoms with E-state index in [1.807, 2.05) is 0 Å². The van der Waals surface area contributed by atoms with Gasteiger partial charge in [-0.1, -0.05) is 30.2 Å². The van der Waals surface area contributed by atoms with Crippen LogP contribution in [0, 0.1) is 11.8 Å². The van der Waals surface area contributed by atoms with Crippen molar-refractivity contribution in [3.05, 3.63) is 33.3 Å². The second-order valence-electron chi connectivity index (χ2n) is 5.45. The Morgan fingerprint density at radius 1 is 1.17 bits per heavy atom. The van der Waals surface area contributed by atoms with Crippen LogP contribution >= 0.6 is 31.9 Å². The molecule has 0 aromatic rings. The average Bonchev–Trinajstić information content (AvgIpc) is 2.22. The molecule has 18 heavy (non-hydrogen) atoms. The molecular formula is C16H26Br2. The highest BCUT2D eigenvalue weighted by molar-refractivity contribution is 9.28. The molecule has 0 aliphatic heterocycles. The molecular weight excluding hydrogens is 352 g/mol. The lowest BCUT2D eigenvalue weighted by Gasteiger charge is -2.21. The predicted octanol–water partition coefficient (Wildman–Crippen LogP) is 6.97. The van der Waals surface area contributed by atoms with Crippen LogP contribution in [0.5, 0.6) is 0 Å². The van der Waals surface area contributed by atoms with E-state index in [0.717, 1.165) is 9.81 Å². The van der Waals surface area contributed by atoms with Crippen LogP contribution in [0.3, 0.4) is 0 Å². The van der Waals surface area contributed by atoms with Crippen LogP contribution in [0.15, 0.2) is 33.3 Å². The standard InChI is InChI=1S/C16H26Br2/c1-12(2)7-6-8-14(5)15(11-16(17)18)10-9-13(3)4/h7,11,14-15H,3,6,8-10H2,1-2,4-5H3/t14-,15-/m1/s1. The summed E-state index contributed by atoms with van der Waals surface area (Å²) in [6.07, 6.45) is 9.35. The van der Waals surface area contributed by atoms with Crippen molar-refractivity contribution in [2.75, 3.05) is 0 Å². The summed E-state index contributed by atoms with van der Waals surface area (Å²) in [6.45, 7) is 12.8. The smallest absolute Gasteiger partial charge is 0.0567 e. The summed E-state index contributed by atoms with van der Waals surface area (Å²) in [4.78, 5) is 0. The fourth-order valence-corrected chi connectivity index (χ4v) is 2.64. The maximum Gasteiger partial charge on any atom is 0.0567 e. The van der Waals surface area contributed by atoms with Gasteiger partial charge in [-0.15, -0.1) is 6.58 Å². The third-order valence-electron chi connectivity index (χ3n) is 3.15.